The Hall–Kier alpha value is -2.62. The highest BCUT2D eigenvalue weighted by atomic mass is 32.1. The van der Waals surface area contributed by atoms with Crippen molar-refractivity contribution < 1.29 is 14.3 Å². The van der Waals surface area contributed by atoms with Crippen LogP contribution in [-0.4, -0.2) is 45.2 Å². The van der Waals surface area contributed by atoms with Gasteiger partial charge in [-0.15, -0.1) is 16.4 Å². The largest absolute Gasteiger partial charge is 0.397 e. The number of nitrogens with zero attached hydrogens (tertiary/aromatic N) is 3. The van der Waals surface area contributed by atoms with E-state index in [-0.39, 0.29) is 11.9 Å². The van der Waals surface area contributed by atoms with Crippen molar-refractivity contribution in [3.8, 4) is 0 Å². The summed E-state index contributed by atoms with van der Waals surface area (Å²) in [5.41, 5.74) is 8.83. The van der Waals surface area contributed by atoms with Crippen molar-refractivity contribution in [1.82, 2.24) is 20.4 Å². The van der Waals surface area contributed by atoms with Crippen molar-refractivity contribution in [3.05, 3.63) is 51.8 Å². The fraction of sp³-hybridized carbons (Fsp3) is 0.316. The summed E-state index contributed by atoms with van der Waals surface area (Å²) in [6.45, 7) is 4.65. The van der Waals surface area contributed by atoms with Crippen molar-refractivity contribution >= 4 is 33.1 Å². The van der Waals surface area contributed by atoms with Crippen LogP contribution in [0.5, 0.6) is 0 Å². The maximum absolute atomic E-state index is 13.3. The summed E-state index contributed by atoms with van der Waals surface area (Å²) in [5, 5.41) is 22.8. The molecular weight excluding hydrogens is 381 g/mol. The predicted octanol–water partition coefficient (Wildman–Crippen LogP) is 2.13. The molecule has 28 heavy (non-hydrogen) atoms. The van der Waals surface area contributed by atoms with Gasteiger partial charge >= 0.3 is 0 Å². The first-order valence-corrected chi connectivity index (χ1v) is 9.67. The quantitative estimate of drug-likeness (QED) is 0.579. The first kappa shape index (κ1) is 18.7. The Morgan fingerprint density at radius 2 is 2.14 bits per heavy atom. The third-order valence-electron chi connectivity index (χ3n) is 5.05. The molecule has 146 valence electrons. The Kier molecular flexibility index (Phi) is 4.74. The predicted molar refractivity (Wildman–Crippen MR) is 105 cm³/mol. The summed E-state index contributed by atoms with van der Waals surface area (Å²) >= 11 is 1.30. The number of aliphatic hydroxyl groups excluding tert-OH is 1. The SMILES string of the molecule is Cc1nnc2sc(C(O)NC3CN(C(=O)c4cccc(F)c4)C3)c(N)c2c1C. The molecule has 3 aromatic rings. The number of thiophene rings is 1. The molecule has 4 rings (SSSR count). The van der Waals surface area contributed by atoms with Gasteiger partial charge in [0.15, 0.2) is 0 Å². The second-order valence-electron chi connectivity index (χ2n) is 6.96. The van der Waals surface area contributed by atoms with Gasteiger partial charge in [0, 0.05) is 30.1 Å². The van der Waals surface area contributed by atoms with Crippen LogP contribution in [0.25, 0.3) is 10.2 Å². The maximum Gasteiger partial charge on any atom is 0.254 e. The number of hydrogen-bond donors (Lipinski definition) is 3. The van der Waals surface area contributed by atoms with Gasteiger partial charge in [-0.25, -0.2) is 4.39 Å². The summed E-state index contributed by atoms with van der Waals surface area (Å²) in [7, 11) is 0. The average Bonchev–Trinajstić information content (AvgIpc) is 2.97. The minimum absolute atomic E-state index is 0.0777. The van der Waals surface area contributed by atoms with Gasteiger partial charge in [-0.1, -0.05) is 6.07 Å². The van der Waals surface area contributed by atoms with E-state index in [9.17, 15) is 14.3 Å². The molecule has 9 heteroatoms. The molecule has 1 atom stereocenters. The average molecular weight is 401 g/mol. The van der Waals surface area contributed by atoms with Crippen molar-refractivity contribution in [2.24, 2.45) is 0 Å². The van der Waals surface area contributed by atoms with Gasteiger partial charge in [-0.2, -0.15) is 5.10 Å². The van der Waals surface area contributed by atoms with E-state index < -0.39 is 12.0 Å². The molecule has 3 heterocycles. The van der Waals surface area contributed by atoms with E-state index in [1.54, 1.807) is 11.0 Å². The van der Waals surface area contributed by atoms with Crippen molar-refractivity contribution in [3.63, 3.8) is 0 Å². The topological polar surface area (TPSA) is 104 Å². The van der Waals surface area contributed by atoms with E-state index in [4.69, 9.17) is 5.73 Å². The first-order valence-electron chi connectivity index (χ1n) is 8.86. The molecule has 0 aliphatic carbocycles. The lowest BCUT2D eigenvalue weighted by molar-refractivity contribution is 0.0407. The van der Waals surface area contributed by atoms with Crippen LogP contribution >= 0.6 is 11.3 Å². The van der Waals surface area contributed by atoms with Crippen LogP contribution in [0.2, 0.25) is 0 Å². The van der Waals surface area contributed by atoms with Crippen LogP contribution < -0.4 is 11.1 Å². The number of nitrogens with two attached hydrogens (primary N) is 1. The summed E-state index contributed by atoms with van der Waals surface area (Å²) < 4.78 is 13.3. The van der Waals surface area contributed by atoms with Gasteiger partial charge in [0.1, 0.15) is 16.9 Å². The second-order valence-corrected chi connectivity index (χ2v) is 7.99. The van der Waals surface area contributed by atoms with E-state index in [0.717, 1.165) is 16.6 Å². The fourth-order valence-electron chi connectivity index (χ4n) is 3.31. The summed E-state index contributed by atoms with van der Waals surface area (Å²) in [6.07, 6.45) is -0.963. The third-order valence-corrected chi connectivity index (χ3v) is 6.19. The highest BCUT2D eigenvalue weighted by molar-refractivity contribution is 7.19. The number of likely N-dealkylation sites (tertiary alicyclic amines) is 1. The molecule has 1 amide bonds. The number of rotatable bonds is 4. The van der Waals surface area contributed by atoms with E-state index in [2.05, 4.69) is 15.5 Å². The van der Waals surface area contributed by atoms with E-state index in [0.29, 0.717) is 34.0 Å². The van der Waals surface area contributed by atoms with Gasteiger partial charge in [0.05, 0.1) is 16.3 Å². The standard InChI is InChI=1S/C19H20FN5O2S/c1-9-10(2)23-24-18-14(9)15(21)16(28-18)17(26)22-13-7-25(8-13)19(27)11-4-3-5-12(20)6-11/h3-6,13,17,22,26H,7-8,21H2,1-2H3. The van der Waals surface area contributed by atoms with Gasteiger partial charge < -0.3 is 15.7 Å². The number of carbonyl (C=O) groups excluding carboxylic acids is 1. The second kappa shape index (κ2) is 7.08. The molecule has 7 nitrogen and oxygen atoms in total. The molecule has 1 aliphatic rings. The number of anilines is 1. The van der Waals surface area contributed by atoms with Gasteiger partial charge in [-0.05, 0) is 37.6 Å². The number of carbonyl (C=O) groups is 1. The van der Waals surface area contributed by atoms with Crippen LogP contribution in [0.15, 0.2) is 24.3 Å². The van der Waals surface area contributed by atoms with Crippen LogP contribution in [0.4, 0.5) is 10.1 Å². The minimum Gasteiger partial charge on any atom is -0.397 e. The Balaban J connectivity index is 1.43. The number of hydrogen-bond acceptors (Lipinski definition) is 7. The van der Waals surface area contributed by atoms with Gasteiger partial charge in [0.25, 0.3) is 5.91 Å². The number of aryl methyl sites for hydroxylation is 2. The molecule has 1 fully saturated rings. The molecule has 0 bridgehead atoms. The lowest BCUT2D eigenvalue weighted by atomic mass is 10.1. The van der Waals surface area contributed by atoms with Gasteiger partial charge in [-0.3, -0.25) is 10.1 Å². The van der Waals surface area contributed by atoms with Crippen LogP contribution in [0.3, 0.4) is 0 Å². The Morgan fingerprint density at radius 1 is 1.39 bits per heavy atom. The first-order chi connectivity index (χ1) is 13.3. The van der Waals surface area contributed by atoms with E-state index >= 15 is 0 Å². The smallest absolute Gasteiger partial charge is 0.254 e. The number of benzene rings is 1. The molecule has 0 saturated carbocycles. The van der Waals surface area contributed by atoms with Crippen molar-refractivity contribution in [2.45, 2.75) is 26.1 Å². The molecule has 1 unspecified atom stereocenters. The zero-order valence-electron chi connectivity index (χ0n) is 15.4. The molecular formula is C19H20FN5O2S. The molecule has 2 aromatic heterocycles. The number of aromatic nitrogens is 2. The molecule has 4 N–H and O–H groups in total. The molecule has 1 aliphatic heterocycles. The molecule has 0 spiro atoms. The van der Waals surface area contributed by atoms with Crippen LogP contribution in [0, 0.1) is 19.7 Å². The Labute approximate surface area is 165 Å². The lowest BCUT2D eigenvalue weighted by Crippen LogP contribution is -2.60. The fourth-order valence-corrected chi connectivity index (χ4v) is 4.36. The third kappa shape index (κ3) is 3.21. The number of aliphatic hydroxyl groups is 1. The maximum atomic E-state index is 13.3. The van der Waals surface area contributed by atoms with Gasteiger partial charge in [0.2, 0.25) is 0 Å². The minimum atomic E-state index is -0.963. The van der Waals surface area contributed by atoms with E-state index in [1.807, 2.05) is 13.8 Å². The lowest BCUT2D eigenvalue weighted by Gasteiger charge is -2.40. The zero-order chi connectivity index (χ0) is 20.0. The normalized spacial score (nSPS) is 15.6. The number of nitrogen functional groups attached to an aromatic ring is 1. The summed E-state index contributed by atoms with van der Waals surface area (Å²) in [5.74, 6) is -0.667. The monoisotopic (exact) mass is 401 g/mol. The highest BCUT2D eigenvalue weighted by Gasteiger charge is 2.33. The molecule has 0 radical (unpaired) electrons. The summed E-state index contributed by atoms with van der Waals surface area (Å²) in [6, 6.07) is 5.55. The molecule has 1 aromatic carbocycles. The van der Waals surface area contributed by atoms with Crippen molar-refractivity contribution in [2.75, 3.05) is 18.8 Å². The number of halogens is 1. The molecule has 1 saturated heterocycles. The van der Waals surface area contributed by atoms with Crippen molar-refractivity contribution in [1.29, 1.82) is 0 Å². The zero-order valence-corrected chi connectivity index (χ0v) is 16.3. The Morgan fingerprint density at radius 3 is 2.86 bits per heavy atom. The number of amides is 1. The van der Waals surface area contributed by atoms with E-state index in [1.165, 1.54) is 29.5 Å². The number of fused-ring (bicyclic) bond motifs is 1. The van der Waals surface area contributed by atoms with Crippen LogP contribution in [0.1, 0.15) is 32.7 Å². The van der Waals surface area contributed by atoms with Crippen LogP contribution in [-0.2, 0) is 0 Å². The summed E-state index contributed by atoms with van der Waals surface area (Å²) in [4.78, 5) is 15.2. The Bertz CT molecular complexity index is 1060. The highest BCUT2D eigenvalue weighted by Crippen LogP contribution is 2.38. The number of nitrogens with one attached hydrogen (secondary N) is 1.